The Labute approximate surface area is 179 Å². The van der Waals surface area contributed by atoms with Gasteiger partial charge < -0.3 is 4.74 Å². The van der Waals surface area contributed by atoms with Crippen LogP contribution in [-0.2, 0) is 6.18 Å². The van der Waals surface area contributed by atoms with Gasteiger partial charge in [-0.1, -0.05) is 36.4 Å². The smallest absolute Gasteiger partial charge is 0.416 e. The fourth-order valence-electron chi connectivity index (χ4n) is 3.48. The second-order valence-corrected chi connectivity index (χ2v) is 8.10. The van der Waals surface area contributed by atoms with E-state index in [1.54, 1.807) is 18.3 Å². The summed E-state index contributed by atoms with van der Waals surface area (Å²) < 4.78 is 45.5. The maximum Gasteiger partial charge on any atom is 0.416 e. The molecule has 5 rings (SSSR count). The summed E-state index contributed by atoms with van der Waals surface area (Å²) >= 11 is 1.54. The number of benzene rings is 3. The number of alkyl halides is 3. The van der Waals surface area contributed by atoms with Gasteiger partial charge in [-0.25, -0.2) is 0 Å². The van der Waals surface area contributed by atoms with E-state index in [-0.39, 0.29) is 11.6 Å². The fraction of sp³-hybridized carbons (Fsp3) is 0.0833. The van der Waals surface area contributed by atoms with E-state index in [0.717, 1.165) is 33.2 Å². The Bertz CT molecular complexity index is 1410. The molecule has 0 radical (unpaired) electrons. The van der Waals surface area contributed by atoms with E-state index < -0.39 is 11.7 Å². The van der Waals surface area contributed by atoms with Gasteiger partial charge >= 0.3 is 6.18 Å². The van der Waals surface area contributed by atoms with Crippen LogP contribution in [0.15, 0.2) is 72.1 Å². The van der Waals surface area contributed by atoms with Crippen LogP contribution >= 0.6 is 11.3 Å². The third kappa shape index (κ3) is 3.61. The average molecular weight is 436 g/mol. The molecule has 0 saturated carbocycles. The second-order valence-electron chi connectivity index (χ2n) is 7.16. The minimum atomic E-state index is -4.46. The van der Waals surface area contributed by atoms with Gasteiger partial charge in [-0.15, -0.1) is 21.5 Å². The standard InChI is InChI=1S/C24H15F3N2OS/c1-14-8-9-17(24(25,26)27)13-20(14)30-23-19-12-16-6-3-2-5-15(16)11-18(19)22(28-29-23)21-7-4-10-31-21/h2-13H,1H3. The molecule has 0 bridgehead atoms. The molecule has 0 aliphatic rings. The molecular weight excluding hydrogens is 421 g/mol. The maximum absolute atomic E-state index is 13.2. The van der Waals surface area contributed by atoms with Crippen molar-refractivity contribution in [2.24, 2.45) is 0 Å². The van der Waals surface area contributed by atoms with Crippen LogP contribution in [0.5, 0.6) is 11.6 Å². The molecule has 0 N–H and O–H groups in total. The van der Waals surface area contributed by atoms with Gasteiger partial charge in [-0.3, -0.25) is 0 Å². The van der Waals surface area contributed by atoms with Crippen LogP contribution < -0.4 is 4.74 Å². The highest BCUT2D eigenvalue weighted by molar-refractivity contribution is 7.13. The third-order valence-electron chi connectivity index (χ3n) is 5.09. The topological polar surface area (TPSA) is 35.0 Å². The van der Waals surface area contributed by atoms with Crippen molar-refractivity contribution in [1.29, 1.82) is 0 Å². The normalized spacial score (nSPS) is 11.9. The SMILES string of the molecule is Cc1ccc(C(F)(F)F)cc1Oc1nnc(-c2cccs2)c2cc3ccccc3cc12. The highest BCUT2D eigenvalue weighted by atomic mass is 32.1. The summed E-state index contributed by atoms with van der Waals surface area (Å²) in [7, 11) is 0. The Balaban J connectivity index is 1.71. The van der Waals surface area contributed by atoms with Gasteiger partial charge in [0, 0.05) is 10.8 Å². The number of hydrogen-bond acceptors (Lipinski definition) is 4. The molecule has 2 aromatic heterocycles. The van der Waals surface area contributed by atoms with Gasteiger partial charge in [0.15, 0.2) is 0 Å². The number of aromatic nitrogens is 2. The highest BCUT2D eigenvalue weighted by Crippen LogP contribution is 2.39. The molecule has 2 heterocycles. The average Bonchev–Trinajstić information content (AvgIpc) is 3.28. The lowest BCUT2D eigenvalue weighted by molar-refractivity contribution is -0.137. The number of thiophene rings is 1. The minimum absolute atomic E-state index is 0.0995. The number of halogens is 3. The van der Waals surface area contributed by atoms with Crippen molar-refractivity contribution in [1.82, 2.24) is 10.2 Å². The number of fused-ring (bicyclic) bond motifs is 2. The van der Waals surface area contributed by atoms with Crippen LogP contribution in [0.25, 0.3) is 32.1 Å². The summed E-state index contributed by atoms with van der Waals surface area (Å²) in [5.41, 5.74) is 0.515. The predicted molar refractivity (Wildman–Crippen MR) is 117 cm³/mol. The molecule has 154 valence electrons. The van der Waals surface area contributed by atoms with E-state index in [4.69, 9.17) is 4.74 Å². The summed E-state index contributed by atoms with van der Waals surface area (Å²) in [6.45, 7) is 1.69. The predicted octanol–water partition coefficient (Wildman–Crippen LogP) is 7.63. The quantitative estimate of drug-likeness (QED) is 0.273. The van der Waals surface area contributed by atoms with Crippen LogP contribution in [0, 0.1) is 6.92 Å². The monoisotopic (exact) mass is 436 g/mol. The Morgan fingerprint density at radius 2 is 1.58 bits per heavy atom. The molecule has 0 atom stereocenters. The van der Waals surface area contributed by atoms with Crippen LogP contribution in [0.2, 0.25) is 0 Å². The van der Waals surface area contributed by atoms with E-state index in [0.29, 0.717) is 16.6 Å². The molecule has 0 unspecified atom stereocenters. The summed E-state index contributed by atoms with van der Waals surface area (Å²) in [4.78, 5) is 0.953. The molecule has 0 fully saturated rings. The van der Waals surface area contributed by atoms with Crippen molar-refractivity contribution in [3.05, 3.63) is 83.2 Å². The van der Waals surface area contributed by atoms with Gasteiger partial charge in [0.25, 0.3) is 0 Å². The number of ether oxygens (including phenoxy) is 1. The van der Waals surface area contributed by atoms with Crippen molar-refractivity contribution in [2.45, 2.75) is 13.1 Å². The van der Waals surface area contributed by atoms with Gasteiger partial charge in [-0.2, -0.15) is 13.2 Å². The maximum atomic E-state index is 13.2. The molecule has 3 aromatic carbocycles. The van der Waals surface area contributed by atoms with Crippen LogP contribution in [-0.4, -0.2) is 10.2 Å². The zero-order valence-electron chi connectivity index (χ0n) is 16.3. The lowest BCUT2D eigenvalue weighted by Crippen LogP contribution is -2.05. The van der Waals surface area contributed by atoms with E-state index in [9.17, 15) is 13.2 Å². The Morgan fingerprint density at radius 3 is 2.26 bits per heavy atom. The summed E-state index contributed by atoms with van der Waals surface area (Å²) in [5.74, 6) is 0.269. The van der Waals surface area contributed by atoms with E-state index in [1.165, 1.54) is 6.07 Å². The molecule has 0 amide bonds. The van der Waals surface area contributed by atoms with Crippen molar-refractivity contribution < 1.29 is 17.9 Å². The molecule has 0 aliphatic carbocycles. The zero-order chi connectivity index (χ0) is 21.6. The second kappa shape index (κ2) is 7.35. The van der Waals surface area contributed by atoms with Crippen LogP contribution in [0.4, 0.5) is 13.2 Å². The van der Waals surface area contributed by atoms with Gasteiger partial charge in [0.1, 0.15) is 11.4 Å². The first-order valence-corrected chi connectivity index (χ1v) is 10.4. The van der Waals surface area contributed by atoms with Crippen molar-refractivity contribution >= 4 is 32.9 Å². The zero-order valence-corrected chi connectivity index (χ0v) is 17.1. The molecule has 5 aromatic rings. The molecular formula is C24H15F3N2OS. The number of hydrogen-bond donors (Lipinski definition) is 0. The molecule has 0 saturated heterocycles. The molecule has 3 nitrogen and oxygen atoms in total. The van der Waals surface area contributed by atoms with Gasteiger partial charge in [0.05, 0.1) is 10.4 Å². The van der Waals surface area contributed by atoms with Crippen molar-refractivity contribution in [2.75, 3.05) is 0 Å². The van der Waals surface area contributed by atoms with Gasteiger partial charge in [0.2, 0.25) is 5.88 Å². The Hall–Kier alpha value is -3.45. The first kappa shape index (κ1) is 19.5. The van der Waals surface area contributed by atoms with E-state index >= 15 is 0 Å². The molecule has 0 aliphatic heterocycles. The summed E-state index contributed by atoms with van der Waals surface area (Å²) in [5, 5.41) is 14.1. The Kier molecular flexibility index (Phi) is 4.63. The lowest BCUT2D eigenvalue weighted by Gasteiger charge is -2.14. The number of rotatable bonds is 3. The number of nitrogens with zero attached hydrogens (tertiary/aromatic N) is 2. The molecule has 7 heteroatoms. The lowest BCUT2D eigenvalue weighted by atomic mass is 10.0. The van der Waals surface area contributed by atoms with Crippen LogP contribution in [0.3, 0.4) is 0 Å². The van der Waals surface area contributed by atoms with Crippen LogP contribution in [0.1, 0.15) is 11.1 Å². The highest BCUT2D eigenvalue weighted by Gasteiger charge is 2.31. The largest absolute Gasteiger partial charge is 0.437 e. The summed E-state index contributed by atoms with van der Waals surface area (Å²) in [6, 6.07) is 19.1. The van der Waals surface area contributed by atoms with E-state index in [1.807, 2.05) is 53.9 Å². The first-order valence-electron chi connectivity index (χ1n) is 9.49. The number of aryl methyl sites for hydroxylation is 1. The third-order valence-corrected chi connectivity index (χ3v) is 5.97. The fourth-order valence-corrected chi connectivity index (χ4v) is 4.20. The van der Waals surface area contributed by atoms with Crippen molar-refractivity contribution in [3.8, 4) is 22.2 Å². The molecule has 31 heavy (non-hydrogen) atoms. The Morgan fingerprint density at radius 1 is 0.839 bits per heavy atom. The first-order chi connectivity index (χ1) is 14.9. The molecule has 0 spiro atoms. The van der Waals surface area contributed by atoms with Gasteiger partial charge in [-0.05, 0) is 59.0 Å². The van der Waals surface area contributed by atoms with E-state index in [2.05, 4.69) is 10.2 Å². The minimum Gasteiger partial charge on any atom is -0.437 e. The summed E-state index contributed by atoms with van der Waals surface area (Å²) in [6.07, 6.45) is -4.46. The van der Waals surface area contributed by atoms with Crippen molar-refractivity contribution in [3.63, 3.8) is 0 Å².